The maximum Gasteiger partial charge on any atom is 0.156 e. The van der Waals surface area contributed by atoms with Gasteiger partial charge in [0.15, 0.2) is 4.45 Å². The monoisotopic (exact) mass is 179 g/mol. The van der Waals surface area contributed by atoms with Gasteiger partial charge in [-0.2, -0.15) is 0 Å². The number of nitrogens with zero attached hydrogens (tertiary/aromatic N) is 1. The quantitative estimate of drug-likeness (QED) is 0.373. The van der Waals surface area contributed by atoms with Crippen molar-refractivity contribution in [3.63, 3.8) is 0 Å². The van der Waals surface area contributed by atoms with E-state index in [4.69, 9.17) is 0 Å². The van der Waals surface area contributed by atoms with Crippen molar-refractivity contribution in [3.8, 4) is 0 Å². The third kappa shape index (κ3) is 1.90. The van der Waals surface area contributed by atoms with Gasteiger partial charge in [-0.1, -0.05) is 35.0 Å². The van der Waals surface area contributed by atoms with Gasteiger partial charge < -0.3 is 0 Å². The second-order valence-electron chi connectivity index (χ2n) is 1.72. The van der Waals surface area contributed by atoms with Crippen LogP contribution in [-0.4, -0.2) is 4.45 Å². The molecule has 0 N–H and O–H groups in total. The SMILES string of the molecule is CCC(Br)(CC)N=O. The van der Waals surface area contributed by atoms with Gasteiger partial charge in [0, 0.05) is 0 Å². The maximum atomic E-state index is 9.99. The van der Waals surface area contributed by atoms with E-state index in [1.165, 1.54) is 0 Å². The van der Waals surface area contributed by atoms with E-state index in [9.17, 15) is 4.91 Å². The summed E-state index contributed by atoms with van der Waals surface area (Å²) in [5, 5.41) is 2.92. The maximum absolute atomic E-state index is 9.99. The summed E-state index contributed by atoms with van der Waals surface area (Å²) in [6, 6.07) is 0. The van der Waals surface area contributed by atoms with Crippen LogP contribution in [0.2, 0.25) is 0 Å². The zero-order chi connectivity index (χ0) is 6.62. The molecule has 0 aliphatic carbocycles. The van der Waals surface area contributed by atoms with Crippen molar-refractivity contribution in [1.82, 2.24) is 0 Å². The van der Waals surface area contributed by atoms with E-state index in [1.54, 1.807) is 0 Å². The minimum atomic E-state index is -0.493. The molecule has 0 aromatic carbocycles. The largest absolute Gasteiger partial charge is 0.156 e. The third-order valence-corrected chi connectivity index (χ3v) is 2.51. The Morgan fingerprint density at radius 2 is 1.88 bits per heavy atom. The minimum Gasteiger partial charge on any atom is -0.149 e. The van der Waals surface area contributed by atoms with Crippen LogP contribution in [-0.2, 0) is 0 Å². The Hall–Kier alpha value is 0.0800. The molecule has 0 bridgehead atoms. The standard InChI is InChI=1S/C5H10BrNO/c1-3-5(6,4-2)7-8/h3-4H2,1-2H3. The molecule has 48 valence electrons. The average Bonchev–Trinajstić information content (AvgIpc) is 1.87. The average molecular weight is 180 g/mol. The predicted octanol–water partition coefficient (Wildman–Crippen LogP) is 2.66. The molecule has 0 atom stereocenters. The van der Waals surface area contributed by atoms with Crippen LogP contribution < -0.4 is 0 Å². The number of alkyl halides is 1. The zero-order valence-electron chi connectivity index (χ0n) is 5.15. The van der Waals surface area contributed by atoms with Crippen LogP contribution in [0.15, 0.2) is 5.18 Å². The van der Waals surface area contributed by atoms with E-state index in [0.717, 1.165) is 12.8 Å². The fourth-order valence-corrected chi connectivity index (χ4v) is 0.379. The molecule has 8 heavy (non-hydrogen) atoms. The fourth-order valence-electron chi connectivity index (χ4n) is 0.379. The molecule has 0 rings (SSSR count). The predicted molar refractivity (Wildman–Crippen MR) is 38.0 cm³/mol. The van der Waals surface area contributed by atoms with Gasteiger partial charge in [-0.25, -0.2) is 0 Å². The highest BCUT2D eigenvalue weighted by Gasteiger charge is 2.21. The Morgan fingerprint density at radius 3 is 1.88 bits per heavy atom. The van der Waals surface area contributed by atoms with E-state index in [2.05, 4.69) is 21.1 Å². The van der Waals surface area contributed by atoms with Gasteiger partial charge in [0.1, 0.15) is 0 Å². The molecule has 0 aromatic rings. The molecule has 0 saturated carbocycles. The Labute approximate surface area is 57.8 Å². The van der Waals surface area contributed by atoms with E-state index in [1.807, 2.05) is 13.8 Å². The summed E-state index contributed by atoms with van der Waals surface area (Å²) in [6.45, 7) is 3.86. The molecule has 0 fully saturated rings. The van der Waals surface area contributed by atoms with Gasteiger partial charge in [0.05, 0.1) is 0 Å². The highest BCUT2D eigenvalue weighted by molar-refractivity contribution is 9.10. The molecule has 0 spiro atoms. The van der Waals surface area contributed by atoms with E-state index in [-0.39, 0.29) is 0 Å². The summed E-state index contributed by atoms with van der Waals surface area (Å²) in [5.41, 5.74) is 0. The fraction of sp³-hybridized carbons (Fsp3) is 1.00. The zero-order valence-corrected chi connectivity index (χ0v) is 6.73. The van der Waals surface area contributed by atoms with Crippen molar-refractivity contribution < 1.29 is 0 Å². The van der Waals surface area contributed by atoms with Gasteiger partial charge in [0.25, 0.3) is 0 Å². The first-order valence-electron chi connectivity index (χ1n) is 2.72. The van der Waals surface area contributed by atoms with Crippen LogP contribution in [0, 0.1) is 4.91 Å². The molecule has 0 radical (unpaired) electrons. The summed E-state index contributed by atoms with van der Waals surface area (Å²) in [7, 11) is 0. The third-order valence-electron chi connectivity index (χ3n) is 1.25. The highest BCUT2D eigenvalue weighted by Crippen LogP contribution is 2.26. The summed E-state index contributed by atoms with van der Waals surface area (Å²) in [6.07, 6.45) is 1.51. The van der Waals surface area contributed by atoms with Gasteiger partial charge in [-0.15, -0.1) is 4.91 Å². The summed E-state index contributed by atoms with van der Waals surface area (Å²) in [5.74, 6) is 0. The lowest BCUT2D eigenvalue weighted by Crippen LogP contribution is -2.12. The second-order valence-corrected chi connectivity index (χ2v) is 3.19. The molecule has 0 aliphatic heterocycles. The number of nitroso groups, excluding NO2 is 1. The molecule has 0 saturated heterocycles. The van der Waals surface area contributed by atoms with Gasteiger partial charge >= 0.3 is 0 Å². The molecule has 2 nitrogen and oxygen atoms in total. The van der Waals surface area contributed by atoms with Crippen LogP contribution in [0.1, 0.15) is 26.7 Å². The molecule has 0 aromatic heterocycles. The minimum absolute atomic E-state index is 0.493. The summed E-state index contributed by atoms with van der Waals surface area (Å²) in [4.78, 5) is 9.99. The number of halogens is 1. The molecule has 3 heteroatoms. The lowest BCUT2D eigenvalue weighted by molar-refractivity contribution is 0.583. The van der Waals surface area contributed by atoms with Crippen LogP contribution in [0.25, 0.3) is 0 Å². The summed E-state index contributed by atoms with van der Waals surface area (Å²) >= 11 is 3.20. The van der Waals surface area contributed by atoms with Crippen molar-refractivity contribution in [2.24, 2.45) is 5.18 Å². The van der Waals surface area contributed by atoms with Crippen LogP contribution in [0.5, 0.6) is 0 Å². The van der Waals surface area contributed by atoms with Crippen LogP contribution in [0.3, 0.4) is 0 Å². The van der Waals surface area contributed by atoms with E-state index in [0.29, 0.717) is 0 Å². The molecule has 0 amide bonds. The first-order chi connectivity index (χ1) is 3.68. The number of hydrogen-bond donors (Lipinski definition) is 0. The number of rotatable bonds is 3. The Balaban J connectivity index is 3.76. The summed E-state index contributed by atoms with van der Waals surface area (Å²) < 4.78 is -0.493. The van der Waals surface area contributed by atoms with Gasteiger partial charge in [0.2, 0.25) is 0 Å². The Bertz CT molecular complexity index is 80.5. The molecule has 0 heterocycles. The highest BCUT2D eigenvalue weighted by atomic mass is 79.9. The van der Waals surface area contributed by atoms with Crippen molar-refractivity contribution in [2.45, 2.75) is 31.1 Å². The molecular formula is C5H10BrNO. The van der Waals surface area contributed by atoms with Gasteiger partial charge in [-0.05, 0) is 12.8 Å². The first kappa shape index (κ1) is 8.08. The molecule has 0 aliphatic rings. The number of hydrogen-bond acceptors (Lipinski definition) is 2. The van der Waals surface area contributed by atoms with Crippen molar-refractivity contribution in [3.05, 3.63) is 4.91 Å². The van der Waals surface area contributed by atoms with E-state index < -0.39 is 4.45 Å². The normalized spacial score (nSPS) is 11.4. The lowest BCUT2D eigenvalue weighted by Gasteiger charge is -2.12. The van der Waals surface area contributed by atoms with Crippen molar-refractivity contribution >= 4 is 15.9 Å². The lowest BCUT2D eigenvalue weighted by atomic mass is 10.2. The topological polar surface area (TPSA) is 29.4 Å². The Morgan fingerprint density at radius 1 is 1.50 bits per heavy atom. The molecular weight excluding hydrogens is 170 g/mol. The van der Waals surface area contributed by atoms with Crippen LogP contribution in [0.4, 0.5) is 0 Å². The van der Waals surface area contributed by atoms with Gasteiger partial charge in [-0.3, -0.25) is 0 Å². The second kappa shape index (κ2) is 3.17. The van der Waals surface area contributed by atoms with Crippen LogP contribution >= 0.6 is 15.9 Å². The van der Waals surface area contributed by atoms with Crippen molar-refractivity contribution in [2.75, 3.05) is 0 Å². The Kier molecular flexibility index (Phi) is 3.21. The smallest absolute Gasteiger partial charge is 0.149 e. The molecule has 0 unspecified atom stereocenters. The van der Waals surface area contributed by atoms with E-state index >= 15 is 0 Å². The first-order valence-corrected chi connectivity index (χ1v) is 3.51. The van der Waals surface area contributed by atoms with Crippen molar-refractivity contribution in [1.29, 1.82) is 0 Å².